The van der Waals surface area contributed by atoms with Gasteiger partial charge in [0.05, 0.1) is 10.7 Å². The number of carbonyl (C=O) groups is 2. The highest BCUT2D eigenvalue weighted by Crippen LogP contribution is 2.29. The predicted molar refractivity (Wildman–Crippen MR) is 138 cm³/mol. The molecule has 1 aliphatic rings. The lowest BCUT2D eigenvalue weighted by molar-refractivity contribution is -0.119. The van der Waals surface area contributed by atoms with Gasteiger partial charge in [-0.15, -0.1) is 0 Å². The van der Waals surface area contributed by atoms with Gasteiger partial charge in [-0.05, 0) is 55.4 Å². The first-order valence-electron chi connectivity index (χ1n) is 11.6. The third-order valence-electron chi connectivity index (χ3n) is 6.53. The number of carbonyl (C=O) groups excluding carboxylic acids is 2. The van der Waals surface area contributed by atoms with Crippen LogP contribution in [0.3, 0.4) is 0 Å². The van der Waals surface area contributed by atoms with Gasteiger partial charge in [-0.25, -0.2) is 0 Å². The monoisotopic (exact) mass is 474 g/mol. The lowest BCUT2D eigenvalue weighted by atomic mass is 9.98. The van der Waals surface area contributed by atoms with E-state index in [0.29, 0.717) is 28.7 Å². The van der Waals surface area contributed by atoms with Crippen LogP contribution in [0.2, 0.25) is 5.02 Å². The molecule has 0 radical (unpaired) electrons. The molecule has 4 aromatic rings. The summed E-state index contributed by atoms with van der Waals surface area (Å²) in [7, 11) is 0. The fraction of sp³-hybridized carbons (Fsp3) is 0.259. The van der Waals surface area contributed by atoms with Crippen molar-refractivity contribution in [3.8, 4) is 0 Å². The molecule has 0 spiro atoms. The van der Waals surface area contributed by atoms with Crippen molar-refractivity contribution in [3.63, 3.8) is 0 Å². The molecule has 1 fully saturated rings. The summed E-state index contributed by atoms with van der Waals surface area (Å²) in [6.45, 7) is 2.53. The number of anilines is 1. The fourth-order valence-electron chi connectivity index (χ4n) is 4.63. The van der Waals surface area contributed by atoms with E-state index in [1.54, 1.807) is 23.2 Å². The van der Waals surface area contributed by atoms with Crippen molar-refractivity contribution >= 4 is 50.8 Å². The molecule has 5 rings (SSSR count). The minimum absolute atomic E-state index is 0.0542. The van der Waals surface area contributed by atoms with E-state index in [-0.39, 0.29) is 18.4 Å². The SMILES string of the molecule is O=C(CN(C(=O)c1ccc2c(Cl)c[nH]c2c1)c1cccc2ccccc12)NCC1CCNCC1. The summed E-state index contributed by atoms with van der Waals surface area (Å²) >= 11 is 6.21. The van der Waals surface area contributed by atoms with Crippen LogP contribution >= 0.6 is 11.6 Å². The number of aromatic amines is 1. The number of rotatable bonds is 6. The Balaban J connectivity index is 1.45. The van der Waals surface area contributed by atoms with Crippen LogP contribution in [0.1, 0.15) is 23.2 Å². The average Bonchev–Trinajstić information content (AvgIpc) is 3.26. The Bertz CT molecular complexity index is 1340. The maximum absolute atomic E-state index is 13.8. The number of halogens is 1. The summed E-state index contributed by atoms with van der Waals surface area (Å²) in [4.78, 5) is 31.5. The molecule has 174 valence electrons. The van der Waals surface area contributed by atoms with Gasteiger partial charge in [-0.1, -0.05) is 54.1 Å². The third kappa shape index (κ3) is 4.65. The lowest BCUT2D eigenvalue weighted by Crippen LogP contribution is -2.43. The molecular formula is C27H27ClN4O2. The molecule has 3 N–H and O–H groups in total. The number of benzene rings is 3. The van der Waals surface area contributed by atoms with Crippen LogP contribution in [0.5, 0.6) is 0 Å². The summed E-state index contributed by atoms with van der Waals surface area (Å²) in [6, 6.07) is 19.1. The van der Waals surface area contributed by atoms with E-state index < -0.39 is 0 Å². The van der Waals surface area contributed by atoms with Gasteiger partial charge in [0.1, 0.15) is 6.54 Å². The second kappa shape index (κ2) is 9.87. The standard InChI is InChI=1S/C27H27ClN4O2/c28-23-16-30-24-14-20(8-9-22(23)24)27(34)32(17-26(33)31-15-18-10-12-29-13-11-18)25-7-3-5-19-4-1-2-6-21(19)25/h1-9,14,16,18,29-30H,10-13,15,17H2,(H,31,33). The Hall–Kier alpha value is -3.35. The fourth-order valence-corrected chi connectivity index (χ4v) is 4.85. The number of piperidine rings is 1. The van der Waals surface area contributed by atoms with Crippen LogP contribution in [0.15, 0.2) is 66.9 Å². The Morgan fingerprint density at radius 3 is 2.65 bits per heavy atom. The molecule has 0 unspecified atom stereocenters. The summed E-state index contributed by atoms with van der Waals surface area (Å²) < 4.78 is 0. The summed E-state index contributed by atoms with van der Waals surface area (Å²) in [6.07, 6.45) is 3.80. The minimum Gasteiger partial charge on any atom is -0.360 e. The largest absolute Gasteiger partial charge is 0.360 e. The molecule has 7 heteroatoms. The minimum atomic E-state index is -0.235. The molecule has 0 saturated carbocycles. The van der Waals surface area contributed by atoms with Gasteiger partial charge in [0.2, 0.25) is 5.91 Å². The van der Waals surface area contributed by atoms with Crippen LogP contribution in [0, 0.1) is 5.92 Å². The number of hydrogen-bond donors (Lipinski definition) is 3. The first kappa shape index (κ1) is 22.4. The topological polar surface area (TPSA) is 77.2 Å². The number of fused-ring (bicyclic) bond motifs is 2. The molecule has 0 atom stereocenters. The normalized spacial score (nSPS) is 14.4. The zero-order valence-corrected chi connectivity index (χ0v) is 19.6. The predicted octanol–water partition coefficient (Wildman–Crippen LogP) is 4.74. The molecule has 1 aromatic heterocycles. The maximum Gasteiger partial charge on any atom is 0.258 e. The van der Waals surface area contributed by atoms with Crippen molar-refractivity contribution in [1.29, 1.82) is 0 Å². The molecule has 0 aliphatic carbocycles. The van der Waals surface area contributed by atoms with E-state index in [9.17, 15) is 9.59 Å². The molecule has 34 heavy (non-hydrogen) atoms. The van der Waals surface area contributed by atoms with Crippen LogP contribution in [-0.4, -0.2) is 43.0 Å². The van der Waals surface area contributed by atoms with Crippen molar-refractivity contribution < 1.29 is 9.59 Å². The Kier molecular flexibility index (Phi) is 6.52. The number of hydrogen-bond acceptors (Lipinski definition) is 3. The van der Waals surface area contributed by atoms with Crippen molar-refractivity contribution in [2.24, 2.45) is 5.92 Å². The highest BCUT2D eigenvalue weighted by molar-refractivity contribution is 6.35. The summed E-state index contributed by atoms with van der Waals surface area (Å²) in [5, 5.41) is 9.80. The quantitative estimate of drug-likeness (QED) is 0.378. The van der Waals surface area contributed by atoms with Gasteiger partial charge in [0, 0.05) is 34.6 Å². The van der Waals surface area contributed by atoms with Crippen LogP contribution in [0.25, 0.3) is 21.7 Å². The van der Waals surface area contributed by atoms with E-state index in [1.165, 1.54) is 0 Å². The van der Waals surface area contributed by atoms with E-state index in [1.807, 2.05) is 48.5 Å². The van der Waals surface area contributed by atoms with Gasteiger partial charge in [-0.3, -0.25) is 14.5 Å². The van der Waals surface area contributed by atoms with E-state index in [2.05, 4.69) is 15.6 Å². The van der Waals surface area contributed by atoms with Gasteiger partial charge in [-0.2, -0.15) is 0 Å². The van der Waals surface area contributed by atoms with E-state index in [0.717, 1.165) is 47.6 Å². The molecule has 2 amide bonds. The number of H-pyrrole nitrogens is 1. The van der Waals surface area contributed by atoms with E-state index >= 15 is 0 Å². The highest BCUT2D eigenvalue weighted by atomic mass is 35.5. The highest BCUT2D eigenvalue weighted by Gasteiger charge is 2.24. The first-order chi connectivity index (χ1) is 16.6. The second-order valence-corrected chi connectivity index (χ2v) is 9.19. The van der Waals surface area contributed by atoms with Crippen molar-refractivity contribution in [1.82, 2.24) is 15.6 Å². The molecular weight excluding hydrogens is 448 g/mol. The zero-order valence-electron chi connectivity index (χ0n) is 18.8. The first-order valence-corrected chi connectivity index (χ1v) is 12.0. The molecule has 0 bridgehead atoms. The number of nitrogens with zero attached hydrogens (tertiary/aromatic N) is 1. The average molecular weight is 475 g/mol. The van der Waals surface area contributed by atoms with Crippen molar-refractivity contribution in [2.45, 2.75) is 12.8 Å². The Morgan fingerprint density at radius 2 is 1.79 bits per heavy atom. The van der Waals surface area contributed by atoms with Crippen molar-refractivity contribution in [2.75, 3.05) is 31.1 Å². The Labute approximate surface area is 203 Å². The lowest BCUT2D eigenvalue weighted by Gasteiger charge is -2.26. The number of amides is 2. The number of nitrogens with one attached hydrogen (secondary N) is 3. The van der Waals surface area contributed by atoms with Gasteiger partial charge >= 0.3 is 0 Å². The van der Waals surface area contributed by atoms with Crippen LogP contribution in [0.4, 0.5) is 5.69 Å². The maximum atomic E-state index is 13.8. The van der Waals surface area contributed by atoms with Crippen molar-refractivity contribution in [3.05, 3.63) is 77.4 Å². The van der Waals surface area contributed by atoms with Gasteiger partial charge in [0.25, 0.3) is 5.91 Å². The van der Waals surface area contributed by atoms with Crippen LogP contribution in [-0.2, 0) is 4.79 Å². The third-order valence-corrected chi connectivity index (χ3v) is 6.84. The van der Waals surface area contributed by atoms with Gasteiger partial charge < -0.3 is 15.6 Å². The molecule has 1 saturated heterocycles. The molecule has 3 aromatic carbocycles. The zero-order chi connectivity index (χ0) is 23.5. The summed E-state index contributed by atoms with van der Waals surface area (Å²) in [5.41, 5.74) is 1.99. The smallest absolute Gasteiger partial charge is 0.258 e. The summed E-state index contributed by atoms with van der Waals surface area (Å²) in [5.74, 6) is 0.0664. The Morgan fingerprint density at radius 1 is 1.00 bits per heavy atom. The molecule has 1 aliphatic heterocycles. The van der Waals surface area contributed by atoms with Crippen LogP contribution < -0.4 is 15.5 Å². The number of aromatic nitrogens is 1. The molecule has 2 heterocycles. The van der Waals surface area contributed by atoms with Gasteiger partial charge in [0.15, 0.2) is 0 Å². The molecule has 6 nitrogen and oxygen atoms in total. The van der Waals surface area contributed by atoms with E-state index in [4.69, 9.17) is 11.6 Å². The second-order valence-electron chi connectivity index (χ2n) is 8.78.